The lowest BCUT2D eigenvalue weighted by molar-refractivity contribution is 0.178. The normalized spacial score (nSPS) is 14.8. The van der Waals surface area contributed by atoms with Crippen LogP contribution in [0.25, 0.3) is 0 Å². The zero-order chi connectivity index (χ0) is 16.6. The van der Waals surface area contributed by atoms with Gasteiger partial charge in [-0.1, -0.05) is 79.1 Å². The average molecular weight is 333 g/mol. The summed E-state index contributed by atoms with van der Waals surface area (Å²) in [7, 11) is -1.94. The van der Waals surface area contributed by atoms with Gasteiger partial charge >= 0.3 is 8.25 Å². The molecule has 0 aliphatic carbocycles. The predicted octanol–water partition coefficient (Wildman–Crippen LogP) is 6.89. The first-order valence-corrected chi connectivity index (χ1v) is 10.4. The Morgan fingerprint density at radius 3 is 1.50 bits per heavy atom. The molecule has 0 rings (SSSR count). The molecule has 0 aromatic heterocycles. The summed E-state index contributed by atoms with van der Waals surface area (Å²) in [6, 6.07) is 0. The molecule has 0 saturated heterocycles. The molecule has 2 atom stereocenters. The fourth-order valence-corrected chi connectivity index (χ4v) is 3.25. The van der Waals surface area contributed by atoms with Crippen molar-refractivity contribution in [3.05, 3.63) is 0 Å². The number of unbranched alkanes of at least 4 members (excludes halogenated alkanes) is 6. The maximum Gasteiger partial charge on any atom is 0.697 e. The molecule has 0 saturated carbocycles. The predicted molar refractivity (Wildman–Crippen MR) is 95.4 cm³/mol. The first kappa shape index (κ1) is 22.0. The van der Waals surface area contributed by atoms with E-state index in [-0.39, 0.29) is 0 Å². The van der Waals surface area contributed by atoms with Gasteiger partial charge in [0, 0.05) is 4.57 Å². The third kappa shape index (κ3) is 14.9. The highest BCUT2D eigenvalue weighted by Crippen LogP contribution is 2.27. The summed E-state index contributed by atoms with van der Waals surface area (Å²) in [5.74, 6) is 0.928. The van der Waals surface area contributed by atoms with Crippen molar-refractivity contribution in [3.8, 4) is 0 Å². The van der Waals surface area contributed by atoms with Crippen molar-refractivity contribution in [2.24, 2.45) is 11.8 Å². The van der Waals surface area contributed by atoms with E-state index in [9.17, 15) is 4.57 Å². The van der Waals surface area contributed by atoms with Crippen molar-refractivity contribution in [2.75, 3.05) is 13.2 Å². The summed E-state index contributed by atoms with van der Waals surface area (Å²) >= 11 is 0. The molecular formula is C18H38O3P+. The maximum atomic E-state index is 11.7. The van der Waals surface area contributed by atoms with Gasteiger partial charge in [0.05, 0.1) is 0 Å². The second kappa shape index (κ2) is 15.9. The van der Waals surface area contributed by atoms with Gasteiger partial charge in [-0.15, -0.1) is 9.05 Å². The van der Waals surface area contributed by atoms with Crippen LogP contribution in [0.1, 0.15) is 91.9 Å². The molecule has 0 bridgehead atoms. The molecule has 2 unspecified atom stereocenters. The minimum absolute atomic E-state index is 0.464. The highest BCUT2D eigenvalue weighted by Gasteiger charge is 2.23. The highest BCUT2D eigenvalue weighted by molar-refractivity contribution is 7.33. The molecule has 0 aromatic carbocycles. The molecule has 0 amide bonds. The Balaban J connectivity index is 3.51. The Morgan fingerprint density at radius 1 is 0.727 bits per heavy atom. The van der Waals surface area contributed by atoms with Crippen molar-refractivity contribution in [1.82, 2.24) is 0 Å². The Kier molecular flexibility index (Phi) is 15.9. The van der Waals surface area contributed by atoms with Crippen LogP contribution in [0.4, 0.5) is 0 Å². The van der Waals surface area contributed by atoms with Gasteiger partial charge in [0.15, 0.2) is 0 Å². The van der Waals surface area contributed by atoms with Crippen molar-refractivity contribution in [2.45, 2.75) is 91.9 Å². The lowest BCUT2D eigenvalue weighted by Gasteiger charge is -2.08. The van der Waals surface area contributed by atoms with Gasteiger partial charge in [-0.25, -0.2) is 0 Å². The third-order valence-corrected chi connectivity index (χ3v) is 4.75. The van der Waals surface area contributed by atoms with Crippen LogP contribution in [0.15, 0.2) is 0 Å². The Bertz CT molecular complexity index is 235. The zero-order valence-electron chi connectivity index (χ0n) is 15.3. The van der Waals surface area contributed by atoms with Gasteiger partial charge in [-0.2, -0.15) is 0 Å². The number of hydrogen-bond acceptors (Lipinski definition) is 3. The Morgan fingerprint density at radius 2 is 1.14 bits per heavy atom. The monoisotopic (exact) mass is 333 g/mol. The van der Waals surface area contributed by atoms with E-state index < -0.39 is 8.25 Å². The number of hydrogen-bond donors (Lipinski definition) is 0. The molecule has 132 valence electrons. The first-order valence-electron chi connectivity index (χ1n) is 9.33. The second-order valence-corrected chi connectivity index (χ2v) is 7.69. The van der Waals surface area contributed by atoms with E-state index in [0.29, 0.717) is 25.0 Å². The van der Waals surface area contributed by atoms with Gasteiger partial charge in [0.25, 0.3) is 0 Å². The van der Waals surface area contributed by atoms with Crippen molar-refractivity contribution >= 4 is 8.25 Å². The summed E-state index contributed by atoms with van der Waals surface area (Å²) < 4.78 is 22.4. The smallest absolute Gasteiger partial charge is 0.119 e. The SMILES string of the molecule is CCCCCCC(C)CO[P+](=O)OCC(C)CCCCCC. The van der Waals surface area contributed by atoms with Gasteiger partial charge in [0.2, 0.25) is 0 Å². The van der Waals surface area contributed by atoms with E-state index in [1.165, 1.54) is 51.4 Å². The van der Waals surface area contributed by atoms with Gasteiger partial charge in [0.1, 0.15) is 13.2 Å². The molecule has 0 heterocycles. The third-order valence-electron chi connectivity index (χ3n) is 4.03. The van der Waals surface area contributed by atoms with E-state index >= 15 is 0 Å². The van der Waals surface area contributed by atoms with Crippen LogP contribution >= 0.6 is 8.25 Å². The average Bonchev–Trinajstić information content (AvgIpc) is 2.51. The molecule has 22 heavy (non-hydrogen) atoms. The van der Waals surface area contributed by atoms with E-state index in [4.69, 9.17) is 9.05 Å². The van der Waals surface area contributed by atoms with Gasteiger partial charge in [-0.3, -0.25) is 0 Å². The minimum Gasteiger partial charge on any atom is -0.119 e. The van der Waals surface area contributed by atoms with Crippen LogP contribution in [-0.4, -0.2) is 13.2 Å². The molecule has 0 fully saturated rings. The quantitative estimate of drug-likeness (QED) is 0.228. The highest BCUT2D eigenvalue weighted by atomic mass is 31.1. The topological polar surface area (TPSA) is 35.5 Å². The van der Waals surface area contributed by atoms with Crippen molar-refractivity contribution < 1.29 is 13.6 Å². The van der Waals surface area contributed by atoms with E-state index in [1.807, 2.05) is 0 Å². The summed E-state index contributed by atoms with van der Waals surface area (Å²) in [6.45, 7) is 9.86. The fourth-order valence-electron chi connectivity index (χ4n) is 2.42. The van der Waals surface area contributed by atoms with Crippen LogP contribution in [0, 0.1) is 11.8 Å². The summed E-state index contributed by atoms with van der Waals surface area (Å²) in [5.41, 5.74) is 0. The molecule has 4 heteroatoms. The summed E-state index contributed by atoms with van der Waals surface area (Å²) in [5, 5.41) is 0. The standard InChI is InChI=1S/C18H38O3P/c1-5-7-9-11-13-17(3)15-20-22(19)21-16-18(4)14-12-10-8-6-2/h17-18H,5-16H2,1-4H3/q+1. The lowest BCUT2D eigenvalue weighted by atomic mass is 10.0. The van der Waals surface area contributed by atoms with Crippen LogP contribution in [0.5, 0.6) is 0 Å². The molecule has 3 nitrogen and oxygen atoms in total. The Labute approximate surface area is 139 Å². The lowest BCUT2D eigenvalue weighted by Crippen LogP contribution is -2.05. The van der Waals surface area contributed by atoms with Gasteiger partial charge in [-0.05, 0) is 24.7 Å². The van der Waals surface area contributed by atoms with Crippen molar-refractivity contribution in [1.29, 1.82) is 0 Å². The zero-order valence-corrected chi connectivity index (χ0v) is 16.2. The molecule has 0 radical (unpaired) electrons. The molecular weight excluding hydrogens is 295 g/mol. The van der Waals surface area contributed by atoms with E-state index in [1.54, 1.807) is 0 Å². The van der Waals surface area contributed by atoms with Gasteiger partial charge < -0.3 is 0 Å². The molecule has 0 aromatic rings. The number of rotatable bonds is 16. The van der Waals surface area contributed by atoms with Crippen LogP contribution in [-0.2, 0) is 13.6 Å². The molecule has 0 aliphatic rings. The first-order chi connectivity index (χ1) is 10.6. The van der Waals surface area contributed by atoms with Crippen LogP contribution in [0.2, 0.25) is 0 Å². The fraction of sp³-hybridized carbons (Fsp3) is 1.00. The van der Waals surface area contributed by atoms with Crippen molar-refractivity contribution in [3.63, 3.8) is 0 Å². The summed E-state index contributed by atoms with van der Waals surface area (Å²) in [4.78, 5) is 0. The largest absolute Gasteiger partial charge is 0.697 e. The van der Waals surface area contributed by atoms with Crippen LogP contribution < -0.4 is 0 Å². The molecule has 0 spiro atoms. The van der Waals surface area contributed by atoms with Crippen LogP contribution in [0.3, 0.4) is 0 Å². The second-order valence-electron chi connectivity index (χ2n) is 6.72. The maximum absolute atomic E-state index is 11.7. The van der Waals surface area contributed by atoms with E-state index in [0.717, 1.165) is 12.8 Å². The minimum atomic E-state index is -1.94. The Hall–Kier alpha value is 0.0200. The van der Waals surface area contributed by atoms with E-state index in [2.05, 4.69) is 27.7 Å². The molecule has 0 aliphatic heterocycles. The summed E-state index contributed by atoms with van der Waals surface area (Å²) in [6.07, 6.45) is 12.5. The molecule has 0 N–H and O–H groups in total.